The van der Waals surface area contributed by atoms with Gasteiger partial charge in [0.25, 0.3) is 0 Å². The van der Waals surface area contributed by atoms with E-state index in [2.05, 4.69) is 25.4 Å². The van der Waals surface area contributed by atoms with Crippen molar-refractivity contribution in [2.45, 2.75) is 32.0 Å². The average Bonchev–Trinajstić information content (AvgIpc) is 3.36. The molecule has 27 heavy (non-hydrogen) atoms. The molecule has 8 nitrogen and oxygen atoms in total. The fourth-order valence-corrected chi connectivity index (χ4v) is 2.99. The highest BCUT2D eigenvalue weighted by Crippen LogP contribution is 2.27. The van der Waals surface area contributed by atoms with Crippen molar-refractivity contribution in [2.24, 2.45) is 11.5 Å². The topological polar surface area (TPSA) is 124 Å². The Balaban J connectivity index is 1.55. The minimum atomic E-state index is -0.335. The summed E-state index contributed by atoms with van der Waals surface area (Å²) >= 11 is 0. The SMILES string of the molecule is CC(C)n1nnc(-c2ccc(C(N)C(N)c3ccc4nc[nH]c4c3)cc2)n1. The van der Waals surface area contributed by atoms with Crippen LogP contribution in [0.25, 0.3) is 22.4 Å². The lowest BCUT2D eigenvalue weighted by Crippen LogP contribution is -2.26. The number of rotatable bonds is 5. The van der Waals surface area contributed by atoms with Crippen LogP contribution < -0.4 is 11.5 Å². The second kappa shape index (κ2) is 6.90. The summed E-state index contributed by atoms with van der Waals surface area (Å²) in [7, 11) is 0. The molecule has 2 unspecified atom stereocenters. The van der Waals surface area contributed by atoms with E-state index in [1.165, 1.54) is 0 Å². The van der Waals surface area contributed by atoms with E-state index in [1.54, 1.807) is 11.1 Å². The van der Waals surface area contributed by atoms with E-state index in [0.29, 0.717) is 5.82 Å². The molecule has 4 aromatic rings. The quantitative estimate of drug-likeness (QED) is 0.501. The Labute approximate surface area is 156 Å². The number of benzene rings is 2. The Morgan fingerprint density at radius 1 is 0.963 bits per heavy atom. The Kier molecular flexibility index (Phi) is 4.43. The van der Waals surface area contributed by atoms with Crippen molar-refractivity contribution in [1.82, 2.24) is 30.2 Å². The van der Waals surface area contributed by atoms with Crippen LogP contribution in [0.1, 0.15) is 43.1 Å². The second-order valence-corrected chi connectivity index (χ2v) is 6.88. The lowest BCUT2D eigenvalue weighted by molar-refractivity contribution is 0.455. The molecular weight excluding hydrogens is 340 g/mol. The predicted molar refractivity (Wildman–Crippen MR) is 104 cm³/mol. The van der Waals surface area contributed by atoms with E-state index in [9.17, 15) is 0 Å². The number of aromatic amines is 1. The van der Waals surface area contributed by atoms with Crippen molar-refractivity contribution in [3.05, 3.63) is 59.9 Å². The highest BCUT2D eigenvalue weighted by atomic mass is 15.6. The molecule has 0 aliphatic heterocycles. The summed E-state index contributed by atoms with van der Waals surface area (Å²) in [5, 5.41) is 12.6. The van der Waals surface area contributed by atoms with Crippen LogP contribution in [0.4, 0.5) is 0 Å². The first-order valence-electron chi connectivity index (χ1n) is 8.87. The molecule has 0 aliphatic rings. The van der Waals surface area contributed by atoms with Crippen LogP contribution in [0.5, 0.6) is 0 Å². The van der Waals surface area contributed by atoms with Gasteiger partial charge in [-0.1, -0.05) is 30.3 Å². The molecular formula is C19H22N8. The first-order chi connectivity index (χ1) is 13.0. The Hall–Kier alpha value is -3.10. The monoisotopic (exact) mass is 362 g/mol. The van der Waals surface area contributed by atoms with Crippen LogP contribution in [0, 0.1) is 0 Å². The molecule has 2 atom stereocenters. The van der Waals surface area contributed by atoms with E-state index in [4.69, 9.17) is 11.5 Å². The lowest BCUT2D eigenvalue weighted by atomic mass is 9.94. The van der Waals surface area contributed by atoms with Gasteiger partial charge in [-0.2, -0.15) is 4.80 Å². The van der Waals surface area contributed by atoms with Crippen LogP contribution >= 0.6 is 0 Å². The Morgan fingerprint density at radius 2 is 1.67 bits per heavy atom. The van der Waals surface area contributed by atoms with Crippen LogP contribution in [-0.4, -0.2) is 30.2 Å². The largest absolute Gasteiger partial charge is 0.345 e. The number of fused-ring (bicyclic) bond motifs is 1. The van der Waals surface area contributed by atoms with E-state index in [-0.39, 0.29) is 18.1 Å². The first-order valence-corrected chi connectivity index (χ1v) is 8.87. The first kappa shape index (κ1) is 17.3. The van der Waals surface area contributed by atoms with Crippen molar-refractivity contribution in [2.75, 3.05) is 0 Å². The summed E-state index contributed by atoms with van der Waals surface area (Å²) in [4.78, 5) is 8.92. The molecule has 138 valence electrons. The van der Waals surface area contributed by atoms with Crippen LogP contribution in [0.3, 0.4) is 0 Å². The summed E-state index contributed by atoms with van der Waals surface area (Å²) in [6.45, 7) is 4.02. The lowest BCUT2D eigenvalue weighted by Gasteiger charge is -2.21. The zero-order valence-electron chi connectivity index (χ0n) is 15.2. The standard InChI is InChI=1S/C19H22N8/c1-11(2)27-25-19(24-26-27)13-5-3-12(4-6-13)17(20)18(21)14-7-8-15-16(9-14)23-10-22-15/h3-11,17-18H,20-21H2,1-2H3,(H,22,23). The molecule has 2 aromatic carbocycles. The maximum atomic E-state index is 6.42. The number of imidazole rings is 1. The van der Waals surface area contributed by atoms with Crippen molar-refractivity contribution in [3.8, 4) is 11.4 Å². The Morgan fingerprint density at radius 3 is 2.37 bits per heavy atom. The van der Waals surface area contributed by atoms with Gasteiger partial charge in [0.15, 0.2) is 0 Å². The molecule has 0 saturated heterocycles. The van der Waals surface area contributed by atoms with Crippen LogP contribution in [-0.2, 0) is 0 Å². The fourth-order valence-electron chi connectivity index (χ4n) is 2.99. The number of hydrogen-bond acceptors (Lipinski definition) is 6. The third-order valence-electron chi connectivity index (χ3n) is 4.66. The van der Waals surface area contributed by atoms with Gasteiger partial charge in [-0.25, -0.2) is 4.98 Å². The van der Waals surface area contributed by atoms with Crippen molar-refractivity contribution in [1.29, 1.82) is 0 Å². The van der Waals surface area contributed by atoms with Gasteiger partial charge < -0.3 is 16.5 Å². The van der Waals surface area contributed by atoms with E-state index >= 15 is 0 Å². The summed E-state index contributed by atoms with van der Waals surface area (Å²) in [6, 6.07) is 13.2. The molecule has 0 fully saturated rings. The van der Waals surface area contributed by atoms with Gasteiger partial charge in [-0.05, 0) is 42.3 Å². The molecule has 0 radical (unpaired) electrons. The number of H-pyrrole nitrogens is 1. The minimum absolute atomic E-state index is 0.171. The molecule has 0 spiro atoms. The van der Waals surface area contributed by atoms with Crippen LogP contribution in [0.15, 0.2) is 48.8 Å². The molecule has 2 aromatic heterocycles. The average molecular weight is 362 g/mol. The number of tetrazole rings is 1. The summed E-state index contributed by atoms with van der Waals surface area (Å²) < 4.78 is 0. The molecule has 2 heterocycles. The second-order valence-electron chi connectivity index (χ2n) is 6.88. The zero-order valence-corrected chi connectivity index (χ0v) is 15.2. The number of nitrogens with two attached hydrogens (primary N) is 2. The molecule has 0 aliphatic carbocycles. The smallest absolute Gasteiger partial charge is 0.204 e. The summed E-state index contributed by atoms with van der Waals surface area (Å²) in [5.74, 6) is 0.595. The number of hydrogen-bond donors (Lipinski definition) is 3. The van der Waals surface area contributed by atoms with Gasteiger partial charge in [0.2, 0.25) is 5.82 Å². The maximum Gasteiger partial charge on any atom is 0.204 e. The van der Waals surface area contributed by atoms with Gasteiger partial charge in [0.1, 0.15) is 0 Å². The van der Waals surface area contributed by atoms with Gasteiger partial charge in [0.05, 0.1) is 23.4 Å². The van der Waals surface area contributed by atoms with Crippen molar-refractivity contribution >= 4 is 11.0 Å². The molecule has 4 rings (SSSR count). The predicted octanol–water partition coefficient (Wildman–Crippen LogP) is 2.50. The summed E-state index contributed by atoms with van der Waals surface area (Å²) in [5.41, 5.74) is 17.5. The fraction of sp³-hybridized carbons (Fsp3) is 0.263. The number of nitrogens with zero attached hydrogens (tertiary/aromatic N) is 5. The number of nitrogens with one attached hydrogen (secondary N) is 1. The molecule has 0 amide bonds. The number of aromatic nitrogens is 6. The molecule has 5 N–H and O–H groups in total. The van der Waals surface area contributed by atoms with Crippen molar-refractivity contribution in [3.63, 3.8) is 0 Å². The highest BCUT2D eigenvalue weighted by molar-refractivity contribution is 5.75. The van der Waals surface area contributed by atoms with E-state index < -0.39 is 0 Å². The summed E-state index contributed by atoms with van der Waals surface area (Å²) in [6.07, 6.45) is 1.67. The molecule has 0 bridgehead atoms. The highest BCUT2D eigenvalue weighted by Gasteiger charge is 2.18. The third-order valence-corrected chi connectivity index (χ3v) is 4.66. The van der Waals surface area contributed by atoms with Gasteiger partial charge >= 0.3 is 0 Å². The van der Waals surface area contributed by atoms with E-state index in [0.717, 1.165) is 27.7 Å². The van der Waals surface area contributed by atoms with Gasteiger partial charge in [-0.15, -0.1) is 10.2 Å². The van der Waals surface area contributed by atoms with Crippen molar-refractivity contribution < 1.29 is 0 Å². The minimum Gasteiger partial charge on any atom is -0.345 e. The Bertz CT molecular complexity index is 1050. The van der Waals surface area contributed by atoms with E-state index in [1.807, 2.05) is 56.3 Å². The van der Waals surface area contributed by atoms with Gasteiger partial charge in [0, 0.05) is 17.6 Å². The zero-order chi connectivity index (χ0) is 19.0. The normalized spacial score (nSPS) is 14.0. The van der Waals surface area contributed by atoms with Gasteiger partial charge in [-0.3, -0.25) is 0 Å². The van der Waals surface area contributed by atoms with Crippen LogP contribution in [0.2, 0.25) is 0 Å². The molecule has 0 saturated carbocycles. The molecule has 8 heteroatoms. The maximum absolute atomic E-state index is 6.42. The third kappa shape index (κ3) is 3.32.